The molecule has 2 fully saturated rings. The van der Waals surface area contributed by atoms with Gasteiger partial charge in [-0.05, 0) is 80.2 Å². The van der Waals surface area contributed by atoms with Crippen molar-refractivity contribution >= 4 is 33.6 Å². The summed E-state index contributed by atoms with van der Waals surface area (Å²) in [5, 5.41) is 11.6. The lowest BCUT2D eigenvalue weighted by molar-refractivity contribution is 0.460. The first-order valence-electron chi connectivity index (χ1n) is 12.1. The second-order valence-corrected chi connectivity index (χ2v) is 11.4. The summed E-state index contributed by atoms with van der Waals surface area (Å²) in [6, 6.07) is 20.5. The van der Waals surface area contributed by atoms with E-state index in [-0.39, 0.29) is 0 Å². The second kappa shape index (κ2) is 9.16. The smallest absolute Gasteiger partial charge is 0.245 e. The second-order valence-electron chi connectivity index (χ2n) is 9.25. The van der Waals surface area contributed by atoms with E-state index in [1.807, 2.05) is 53.2 Å². The summed E-state index contributed by atoms with van der Waals surface area (Å²) >= 11 is 0. The normalized spacial score (nSPS) is 19.2. The predicted octanol–water partition coefficient (Wildman–Crippen LogP) is 5.48. The molecule has 0 atom stereocenters. The Morgan fingerprint density at radius 3 is 2.69 bits per heavy atom. The molecule has 0 radical (unpaired) electrons. The zero-order chi connectivity index (χ0) is 23.8. The highest BCUT2D eigenvalue weighted by molar-refractivity contribution is 8.25. The summed E-state index contributed by atoms with van der Waals surface area (Å²) in [6.07, 6.45) is 4.91. The van der Waals surface area contributed by atoms with Crippen molar-refractivity contribution in [2.24, 2.45) is 0 Å². The fraction of sp³-hybridized carbons (Fsp3) is 0.308. The van der Waals surface area contributed by atoms with E-state index >= 15 is 0 Å². The molecule has 0 bridgehead atoms. The average Bonchev–Trinajstić information content (AvgIpc) is 3.47. The van der Waals surface area contributed by atoms with Crippen LogP contribution in [0.15, 0.2) is 66.9 Å². The molecule has 2 aromatic heterocycles. The molecule has 4 aromatic rings. The Balaban J connectivity index is 1.29. The van der Waals surface area contributed by atoms with Gasteiger partial charge in [-0.15, -0.1) is 15.9 Å². The lowest BCUT2D eigenvalue weighted by atomic mass is 9.90. The monoisotopic (exact) mass is 490 g/mol. The van der Waals surface area contributed by atoms with Crippen molar-refractivity contribution < 1.29 is 9.11 Å². The highest BCUT2D eigenvalue weighted by Crippen LogP contribution is 2.51. The zero-order valence-corrected chi connectivity index (χ0v) is 20.3. The third-order valence-electron chi connectivity index (χ3n) is 6.91. The molecule has 4 heterocycles. The number of nitrogens with zero attached hydrogens (tertiary/aromatic N) is 4. The van der Waals surface area contributed by atoms with Gasteiger partial charge in [0.15, 0.2) is 0 Å². The number of hydrogen-bond acceptors (Lipinski definition) is 7. The number of anilines is 3. The fourth-order valence-electron chi connectivity index (χ4n) is 5.11. The summed E-state index contributed by atoms with van der Waals surface area (Å²) in [4.78, 5) is 4.53. The van der Waals surface area contributed by atoms with Crippen molar-refractivity contribution in [3.63, 3.8) is 0 Å². The molecule has 0 amide bonds. The Morgan fingerprint density at radius 2 is 1.86 bits per heavy atom. The molecule has 182 valence electrons. The maximum Gasteiger partial charge on any atom is 0.245 e. The average molecular weight is 491 g/mol. The standard InChI is InChI=1S/C26H30N6O2S/c33-35(34)15-3-14-31(35)23-7-2-5-21(17-23)25-9-8-24-18-28-26(30-32(24)25)29-22-6-1-4-20(16-22)19-10-12-27-13-11-19/h1-2,4-9,16-19,27,33-34H,3,10-15H2,(H,29,30). The van der Waals surface area contributed by atoms with E-state index in [1.54, 1.807) is 4.31 Å². The van der Waals surface area contributed by atoms with Gasteiger partial charge >= 0.3 is 0 Å². The molecule has 8 nitrogen and oxygen atoms in total. The molecular formula is C26H30N6O2S. The third kappa shape index (κ3) is 4.48. The minimum absolute atomic E-state index is 0.423. The van der Waals surface area contributed by atoms with Gasteiger partial charge in [0.2, 0.25) is 5.95 Å². The third-order valence-corrected chi connectivity index (χ3v) is 8.85. The first kappa shape index (κ1) is 22.4. The van der Waals surface area contributed by atoms with E-state index in [1.165, 1.54) is 5.56 Å². The van der Waals surface area contributed by atoms with Gasteiger partial charge in [-0.2, -0.15) is 0 Å². The van der Waals surface area contributed by atoms with E-state index in [0.717, 1.165) is 60.5 Å². The predicted molar refractivity (Wildman–Crippen MR) is 143 cm³/mol. The van der Waals surface area contributed by atoms with Gasteiger partial charge in [0.05, 0.1) is 28.8 Å². The first-order chi connectivity index (χ1) is 17.1. The van der Waals surface area contributed by atoms with Crippen LogP contribution in [0.5, 0.6) is 0 Å². The molecule has 0 spiro atoms. The number of rotatable bonds is 5. The number of nitrogens with one attached hydrogen (secondary N) is 2. The quantitative estimate of drug-likeness (QED) is 0.294. The lowest BCUT2D eigenvalue weighted by Gasteiger charge is -2.38. The molecule has 9 heteroatoms. The van der Waals surface area contributed by atoms with Gasteiger partial charge in [0, 0.05) is 17.8 Å². The van der Waals surface area contributed by atoms with Gasteiger partial charge in [-0.25, -0.2) is 9.50 Å². The number of hydrogen-bond donors (Lipinski definition) is 4. The first-order valence-corrected chi connectivity index (χ1v) is 13.8. The van der Waals surface area contributed by atoms with Crippen LogP contribution in [0.3, 0.4) is 0 Å². The van der Waals surface area contributed by atoms with E-state index < -0.39 is 10.8 Å². The summed E-state index contributed by atoms with van der Waals surface area (Å²) in [5.74, 6) is 1.54. The molecular weight excluding hydrogens is 460 g/mol. The van der Waals surface area contributed by atoms with Gasteiger partial charge in [-0.1, -0.05) is 24.3 Å². The van der Waals surface area contributed by atoms with Crippen molar-refractivity contribution in [3.05, 3.63) is 72.4 Å². The Morgan fingerprint density at radius 1 is 1.00 bits per heavy atom. The largest absolute Gasteiger partial charge is 0.323 e. The highest BCUT2D eigenvalue weighted by Gasteiger charge is 2.29. The summed E-state index contributed by atoms with van der Waals surface area (Å²) in [7, 11) is -2.73. The number of benzene rings is 2. The molecule has 0 unspecified atom stereocenters. The SMILES string of the molecule is OS1(O)CCCN1c1cccc(-c2ccc3cnc(Nc4cccc(C5CCNCC5)c4)nn23)c1. The van der Waals surface area contributed by atoms with Crippen LogP contribution < -0.4 is 14.9 Å². The highest BCUT2D eigenvalue weighted by atomic mass is 32.3. The molecule has 4 N–H and O–H groups in total. The topological polar surface area (TPSA) is 98.0 Å². The van der Waals surface area contributed by atoms with E-state index in [0.29, 0.717) is 24.2 Å². The molecule has 0 saturated carbocycles. The van der Waals surface area contributed by atoms with Crippen LogP contribution >= 0.6 is 10.8 Å². The minimum Gasteiger partial charge on any atom is -0.323 e. The Kier molecular flexibility index (Phi) is 5.85. The van der Waals surface area contributed by atoms with Gasteiger partial charge < -0.3 is 10.6 Å². The Bertz CT molecular complexity index is 1350. The number of aromatic nitrogens is 3. The van der Waals surface area contributed by atoms with Crippen LogP contribution in [0, 0.1) is 0 Å². The van der Waals surface area contributed by atoms with Crippen LogP contribution in [-0.4, -0.2) is 49.1 Å². The number of fused-ring (bicyclic) bond motifs is 1. The number of piperidine rings is 1. The van der Waals surface area contributed by atoms with Crippen LogP contribution in [-0.2, 0) is 0 Å². The molecule has 2 aromatic carbocycles. The lowest BCUT2D eigenvalue weighted by Crippen LogP contribution is -2.26. The summed E-state index contributed by atoms with van der Waals surface area (Å²) in [5.41, 5.74) is 5.93. The fourth-order valence-corrected chi connectivity index (χ4v) is 6.72. The summed E-state index contributed by atoms with van der Waals surface area (Å²) in [6.45, 7) is 2.78. The van der Waals surface area contributed by atoms with Crippen molar-refractivity contribution in [1.29, 1.82) is 0 Å². The Hall–Kier alpha value is -3.11. The van der Waals surface area contributed by atoms with Crippen LogP contribution in [0.4, 0.5) is 17.3 Å². The van der Waals surface area contributed by atoms with Crippen molar-refractivity contribution in [3.8, 4) is 11.3 Å². The zero-order valence-electron chi connectivity index (χ0n) is 19.5. The Labute approximate surface area is 206 Å². The molecule has 35 heavy (non-hydrogen) atoms. The molecule has 2 aliphatic rings. The summed E-state index contributed by atoms with van der Waals surface area (Å²) < 4.78 is 24.4. The van der Waals surface area contributed by atoms with Crippen LogP contribution in [0.25, 0.3) is 16.8 Å². The van der Waals surface area contributed by atoms with Gasteiger partial charge in [0.25, 0.3) is 0 Å². The van der Waals surface area contributed by atoms with E-state index in [2.05, 4.69) is 33.8 Å². The van der Waals surface area contributed by atoms with E-state index in [4.69, 9.17) is 5.10 Å². The maximum atomic E-state index is 10.4. The molecule has 2 saturated heterocycles. The van der Waals surface area contributed by atoms with E-state index in [9.17, 15) is 9.11 Å². The van der Waals surface area contributed by atoms with Crippen molar-refractivity contribution in [2.75, 3.05) is 35.0 Å². The van der Waals surface area contributed by atoms with Crippen molar-refractivity contribution in [2.45, 2.75) is 25.2 Å². The van der Waals surface area contributed by atoms with Crippen LogP contribution in [0.1, 0.15) is 30.7 Å². The van der Waals surface area contributed by atoms with Gasteiger partial charge in [0.1, 0.15) is 0 Å². The maximum absolute atomic E-state index is 10.4. The molecule has 0 aliphatic carbocycles. The molecule has 2 aliphatic heterocycles. The van der Waals surface area contributed by atoms with Crippen LogP contribution in [0.2, 0.25) is 0 Å². The molecule has 6 rings (SSSR count). The minimum atomic E-state index is -2.73. The van der Waals surface area contributed by atoms with Gasteiger partial charge in [-0.3, -0.25) is 13.4 Å². The van der Waals surface area contributed by atoms with Crippen molar-refractivity contribution in [1.82, 2.24) is 19.9 Å².